The summed E-state index contributed by atoms with van der Waals surface area (Å²) in [6.07, 6.45) is -8.26. The number of alkyl halides is 6. The summed E-state index contributed by atoms with van der Waals surface area (Å²) in [6.45, 7) is -0.168. The summed E-state index contributed by atoms with van der Waals surface area (Å²) in [5, 5.41) is -0.494. The van der Waals surface area contributed by atoms with Crippen molar-refractivity contribution in [1.29, 1.82) is 0 Å². The van der Waals surface area contributed by atoms with Gasteiger partial charge in [0.05, 0.1) is 43.7 Å². The van der Waals surface area contributed by atoms with Crippen LogP contribution in [0.3, 0.4) is 0 Å². The number of benzene rings is 2. The highest BCUT2D eigenvalue weighted by Crippen LogP contribution is 2.33. The standard InChI is InChI=1S/C23H17F6N3O4S2/c1-14-18(30-10-9-20(14)36-13-22(24,25)26)12-37(33)21-31-17-7-2-3-8-19(17)32(21)38(34,35)16-6-4-5-15(11-16)23(27,28)29/h2-11H,12-13H2,1H3. The molecular weight excluding hydrogens is 560 g/mol. The molecule has 0 aliphatic heterocycles. The molecule has 2 aromatic carbocycles. The number of halogens is 6. The first-order valence-corrected chi connectivity index (χ1v) is 13.4. The molecule has 38 heavy (non-hydrogen) atoms. The highest BCUT2D eigenvalue weighted by molar-refractivity contribution is 7.91. The Labute approximate surface area is 214 Å². The zero-order valence-electron chi connectivity index (χ0n) is 19.2. The Kier molecular flexibility index (Phi) is 7.27. The molecule has 2 aromatic heterocycles. The van der Waals surface area contributed by atoms with Crippen molar-refractivity contribution >= 4 is 31.9 Å². The van der Waals surface area contributed by atoms with Crippen LogP contribution in [-0.4, -0.2) is 39.4 Å². The van der Waals surface area contributed by atoms with Crippen molar-refractivity contribution in [2.75, 3.05) is 6.61 Å². The summed E-state index contributed by atoms with van der Waals surface area (Å²) in [5.41, 5.74) is -0.911. The zero-order valence-corrected chi connectivity index (χ0v) is 20.9. The monoisotopic (exact) mass is 577 g/mol. The second-order valence-electron chi connectivity index (χ2n) is 7.95. The second-order valence-corrected chi connectivity index (χ2v) is 11.1. The van der Waals surface area contributed by atoms with Crippen LogP contribution in [-0.2, 0) is 32.8 Å². The van der Waals surface area contributed by atoms with Crippen molar-refractivity contribution in [1.82, 2.24) is 13.9 Å². The number of pyridine rings is 1. The number of ether oxygens (including phenoxy) is 1. The fourth-order valence-electron chi connectivity index (χ4n) is 3.51. The van der Waals surface area contributed by atoms with Crippen LogP contribution in [0.5, 0.6) is 5.75 Å². The molecule has 7 nitrogen and oxygen atoms in total. The maximum absolute atomic E-state index is 13.5. The molecule has 2 heterocycles. The average molecular weight is 578 g/mol. The minimum absolute atomic E-state index is 0.0276. The van der Waals surface area contributed by atoms with Crippen molar-refractivity contribution in [2.24, 2.45) is 0 Å². The third-order valence-corrected chi connectivity index (χ3v) is 8.34. The molecule has 0 bridgehead atoms. The number of hydrogen-bond donors (Lipinski definition) is 0. The topological polar surface area (TPSA) is 91.2 Å². The van der Waals surface area contributed by atoms with Crippen LogP contribution in [0.1, 0.15) is 16.8 Å². The van der Waals surface area contributed by atoms with E-state index < -0.39 is 61.2 Å². The van der Waals surface area contributed by atoms with Gasteiger partial charge >= 0.3 is 12.4 Å². The number of rotatable bonds is 7. The van der Waals surface area contributed by atoms with Gasteiger partial charge in [-0.2, -0.15) is 26.3 Å². The molecule has 202 valence electrons. The Balaban J connectivity index is 1.78. The van der Waals surface area contributed by atoms with Gasteiger partial charge in [-0.25, -0.2) is 17.4 Å². The molecule has 0 N–H and O–H groups in total. The van der Waals surface area contributed by atoms with Gasteiger partial charge in [0.25, 0.3) is 10.0 Å². The van der Waals surface area contributed by atoms with Crippen molar-refractivity contribution < 1.29 is 43.7 Å². The molecule has 1 atom stereocenters. The van der Waals surface area contributed by atoms with Gasteiger partial charge in [0, 0.05) is 11.8 Å². The smallest absolute Gasteiger partial charge is 0.422 e. The van der Waals surface area contributed by atoms with Crippen molar-refractivity contribution in [3.63, 3.8) is 0 Å². The van der Waals surface area contributed by atoms with Gasteiger partial charge < -0.3 is 4.74 Å². The van der Waals surface area contributed by atoms with Gasteiger partial charge in [-0.3, -0.25) is 9.19 Å². The van der Waals surface area contributed by atoms with Crippen LogP contribution < -0.4 is 4.74 Å². The summed E-state index contributed by atoms with van der Waals surface area (Å²) in [5.74, 6) is -0.620. The minimum Gasteiger partial charge on any atom is -0.484 e. The maximum Gasteiger partial charge on any atom is 0.422 e. The molecule has 0 fully saturated rings. The number of hydrogen-bond acceptors (Lipinski definition) is 6. The Bertz CT molecular complexity index is 1630. The number of aromatic nitrogens is 3. The zero-order chi connectivity index (χ0) is 27.9. The molecule has 0 aliphatic carbocycles. The number of para-hydroxylation sites is 2. The van der Waals surface area contributed by atoms with Gasteiger partial charge in [-0.1, -0.05) is 18.2 Å². The molecule has 1 unspecified atom stereocenters. The number of nitrogens with zero attached hydrogens (tertiary/aromatic N) is 3. The van der Waals surface area contributed by atoms with Crippen LogP contribution in [0, 0.1) is 6.92 Å². The van der Waals surface area contributed by atoms with E-state index in [1.165, 1.54) is 37.3 Å². The van der Waals surface area contributed by atoms with E-state index in [-0.39, 0.29) is 28.0 Å². The van der Waals surface area contributed by atoms with Crippen LogP contribution in [0.2, 0.25) is 0 Å². The van der Waals surface area contributed by atoms with Gasteiger partial charge in [0.1, 0.15) is 5.75 Å². The van der Waals surface area contributed by atoms with E-state index in [4.69, 9.17) is 4.74 Å². The quantitative estimate of drug-likeness (QED) is 0.279. The largest absolute Gasteiger partial charge is 0.484 e. The van der Waals surface area contributed by atoms with Gasteiger partial charge in [-0.15, -0.1) is 0 Å². The minimum atomic E-state index is -4.81. The summed E-state index contributed by atoms with van der Waals surface area (Å²) >= 11 is 0. The van der Waals surface area contributed by atoms with Crippen LogP contribution in [0.15, 0.2) is 70.8 Å². The second kappa shape index (κ2) is 10.0. The molecule has 0 saturated carbocycles. The Morgan fingerprint density at radius 2 is 1.71 bits per heavy atom. The summed E-state index contributed by atoms with van der Waals surface area (Å²) in [6, 6.07) is 10.1. The lowest BCUT2D eigenvalue weighted by molar-refractivity contribution is -0.153. The molecule has 0 saturated heterocycles. The molecule has 0 spiro atoms. The first-order valence-electron chi connectivity index (χ1n) is 10.6. The molecule has 4 rings (SSSR count). The first-order chi connectivity index (χ1) is 17.7. The molecule has 15 heteroatoms. The third kappa shape index (κ3) is 5.67. The molecular formula is C23H17F6N3O4S2. The molecule has 0 amide bonds. The van der Waals surface area contributed by atoms with E-state index in [1.54, 1.807) is 0 Å². The molecule has 0 radical (unpaired) electrons. The lowest BCUT2D eigenvalue weighted by Gasteiger charge is -2.14. The van der Waals surface area contributed by atoms with Crippen LogP contribution in [0.4, 0.5) is 26.3 Å². The number of imidazole rings is 1. The Morgan fingerprint density at radius 1 is 1.00 bits per heavy atom. The fraction of sp³-hybridized carbons (Fsp3) is 0.217. The van der Waals surface area contributed by atoms with Gasteiger partial charge in [-0.05, 0) is 43.3 Å². The lowest BCUT2D eigenvalue weighted by atomic mass is 10.2. The maximum atomic E-state index is 13.5. The van der Waals surface area contributed by atoms with Crippen molar-refractivity contribution in [3.05, 3.63) is 77.6 Å². The number of fused-ring (bicyclic) bond motifs is 1. The van der Waals surface area contributed by atoms with E-state index >= 15 is 0 Å². The predicted molar refractivity (Wildman–Crippen MR) is 124 cm³/mol. The van der Waals surface area contributed by atoms with Crippen molar-refractivity contribution in [3.8, 4) is 5.75 Å². The Hall–Kier alpha value is -3.46. The summed E-state index contributed by atoms with van der Waals surface area (Å²) < 4.78 is 123. The van der Waals surface area contributed by atoms with E-state index in [9.17, 15) is 39.0 Å². The normalized spacial score (nSPS) is 13.6. The Morgan fingerprint density at radius 3 is 2.39 bits per heavy atom. The SMILES string of the molecule is Cc1c(OCC(F)(F)F)ccnc1CS(=O)c1nc2ccccc2n1S(=O)(=O)c1cccc(C(F)(F)F)c1. The lowest BCUT2D eigenvalue weighted by Crippen LogP contribution is -2.20. The molecule has 4 aromatic rings. The van der Waals surface area contributed by atoms with Crippen LogP contribution in [0.25, 0.3) is 11.0 Å². The molecule has 0 aliphatic rings. The highest BCUT2D eigenvalue weighted by Gasteiger charge is 2.34. The third-order valence-electron chi connectivity index (χ3n) is 5.31. The summed E-state index contributed by atoms with van der Waals surface area (Å²) in [7, 11) is -6.98. The van der Waals surface area contributed by atoms with Crippen LogP contribution >= 0.6 is 0 Å². The van der Waals surface area contributed by atoms with E-state index in [0.717, 1.165) is 18.3 Å². The fourth-order valence-corrected chi connectivity index (χ4v) is 6.60. The van der Waals surface area contributed by atoms with Gasteiger partial charge in [0.15, 0.2) is 6.61 Å². The first kappa shape index (κ1) is 27.6. The van der Waals surface area contributed by atoms with Gasteiger partial charge in [0.2, 0.25) is 5.16 Å². The predicted octanol–water partition coefficient (Wildman–Crippen LogP) is 5.24. The van der Waals surface area contributed by atoms with E-state index in [0.29, 0.717) is 16.1 Å². The van der Waals surface area contributed by atoms with Crippen molar-refractivity contribution in [2.45, 2.75) is 35.1 Å². The van der Waals surface area contributed by atoms with E-state index in [2.05, 4.69) is 9.97 Å². The highest BCUT2D eigenvalue weighted by atomic mass is 32.2. The average Bonchev–Trinajstić information content (AvgIpc) is 3.24. The van der Waals surface area contributed by atoms with E-state index in [1.807, 2.05) is 0 Å². The summed E-state index contributed by atoms with van der Waals surface area (Å²) in [4.78, 5) is 7.47.